The van der Waals surface area contributed by atoms with Crippen molar-refractivity contribution in [2.75, 3.05) is 19.6 Å². The number of aromatic nitrogens is 1. The normalized spacial score (nSPS) is 24.4. The third-order valence-corrected chi connectivity index (χ3v) is 5.67. The standard InChI is InChI=1S/C19H29N3O3/c1-3-7-22-17-6-8-21(10-14(17)4-5-18(22)24)11-16-15(12-23)9-20-13(2)19(16)25/h9,14,17,23,25H,3-8,10-12H2,1-2H3/t14-,17+/m0/s1. The number of aliphatic hydroxyl groups excluding tert-OH is 1. The molecule has 1 amide bonds. The molecule has 3 rings (SSSR count). The molecular formula is C19H29N3O3. The summed E-state index contributed by atoms with van der Waals surface area (Å²) in [7, 11) is 0. The lowest BCUT2D eigenvalue weighted by Crippen LogP contribution is -2.55. The summed E-state index contributed by atoms with van der Waals surface area (Å²) in [6.07, 6.45) is 5.24. The SMILES string of the molecule is CCCN1C(=O)CC[C@H]2CN(Cc3c(CO)cnc(C)c3O)CC[C@H]21. The summed E-state index contributed by atoms with van der Waals surface area (Å²) in [6.45, 7) is 7.10. The molecule has 0 unspecified atom stereocenters. The fourth-order valence-corrected chi connectivity index (χ4v) is 4.32. The summed E-state index contributed by atoms with van der Waals surface area (Å²) >= 11 is 0. The Balaban J connectivity index is 1.72. The molecule has 2 N–H and O–H groups in total. The predicted molar refractivity (Wildman–Crippen MR) is 95.0 cm³/mol. The quantitative estimate of drug-likeness (QED) is 0.849. The molecule has 6 nitrogen and oxygen atoms in total. The van der Waals surface area contributed by atoms with Gasteiger partial charge in [0.15, 0.2) is 0 Å². The molecule has 138 valence electrons. The predicted octanol–water partition coefficient (Wildman–Crippen LogP) is 1.81. The van der Waals surface area contributed by atoms with Crippen LogP contribution in [0.1, 0.15) is 49.4 Å². The second-order valence-electron chi connectivity index (χ2n) is 7.33. The Morgan fingerprint density at radius 2 is 2.16 bits per heavy atom. The first-order chi connectivity index (χ1) is 12.0. The lowest BCUT2D eigenvalue weighted by molar-refractivity contribution is -0.141. The van der Waals surface area contributed by atoms with Gasteiger partial charge < -0.3 is 15.1 Å². The largest absolute Gasteiger partial charge is 0.506 e. The van der Waals surface area contributed by atoms with E-state index in [1.54, 1.807) is 13.1 Å². The number of pyridine rings is 1. The van der Waals surface area contributed by atoms with Crippen LogP contribution in [0.25, 0.3) is 0 Å². The van der Waals surface area contributed by atoms with E-state index in [0.29, 0.717) is 42.1 Å². The highest BCUT2D eigenvalue weighted by molar-refractivity contribution is 5.77. The fourth-order valence-electron chi connectivity index (χ4n) is 4.32. The molecule has 0 saturated carbocycles. The second-order valence-corrected chi connectivity index (χ2v) is 7.33. The Bertz CT molecular complexity index is 635. The summed E-state index contributed by atoms with van der Waals surface area (Å²) in [5, 5.41) is 19.9. The fraction of sp³-hybridized carbons (Fsp3) is 0.684. The third kappa shape index (κ3) is 3.65. The van der Waals surface area contributed by atoms with Crippen molar-refractivity contribution in [1.29, 1.82) is 0 Å². The summed E-state index contributed by atoms with van der Waals surface area (Å²) in [5.74, 6) is 1.00. The minimum Gasteiger partial charge on any atom is -0.506 e. The molecule has 1 aromatic heterocycles. The average Bonchev–Trinajstić information content (AvgIpc) is 2.62. The van der Waals surface area contributed by atoms with Crippen molar-refractivity contribution in [2.24, 2.45) is 5.92 Å². The maximum atomic E-state index is 12.2. The summed E-state index contributed by atoms with van der Waals surface area (Å²) < 4.78 is 0. The van der Waals surface area contributed by atoms with E-state index < -0.39 is 0 Å². The number of hydrogen-bond acceptors (Lipinski definition) is 5. The number of rotatable bonds is 5. The molecule has 3 heterocycles. The van der Waals surface area contributed by atoms with E-state index in [-0.39, 0.29) is 12.4 Å². The molecule has 1 aromatic rings. The third-order valence-electron chi connectivity index (χ3n) is 5.67. The van der Waals surface area contributed by atoms with Gasteiger partial charge >= 0.3 is 0 Å². The number of carbonyl (C=O) groups is 1. The van der Waals surface area contributed by atoms with E-state index >= 15 is 0 Å². The molecule has 2 aliphatic heterocycles. The smallest absolute Gasteiger partial charge is 0.222 e. The van der Waals surface area contributed by atoms with Gasteiger partial charge in [0.2, 0.25) is 5.91 Å². The Labute approximate surface area is 149 Å². The zero-order chi connectivity index (χ0) is 18.0. The number of carbonyl (C=O) groups excluding carboxylic acids is 1. The maximum Gasteiger partial charge on any atom is 0.222 e. The van der Waals surface area contributed by atoms with Gasteiger partial charge in [-0.05, 0) is 32.1 Å². The van der Waals surface area contributed by atoms with Gasteiger partial charge in [-0.15, -0.1) is 0 Å². The highest BCUT2D eigenvalue weighted by atomic mass is 16.3. The summed E-state index contributed by atoms with van der Waals surface area (Å²) in [5.41, 5.74) is 2.07. The van der Waals surface area contributed by atoms with Gasteiger partial charge in [0.1, 0.15) is 5.75 Å². The molecule has 0 radical (unpaired) electrons. The van der Waals surface area contributed by atoms with Crippen molar-refractivity contribution in [2.45, 2.75) is 58.7 Å². The number of aliphatic hydroxyl groups is 1. The molecule has 6 heteroatoms. The monoisotopic (exact) mass is 347 g/mol. The minimum atomic E-state index is -0.116. The zero-order valence-electron chi connectivity index (χ0n) is 15.2. The molecular weight excluding hydrogens is 318 g/mol. The van der Waals surface area contributed by atoms with Crippen LogP contribution in [0, 0.1) is 12.8 Å². The highest BCUT2D eigenvalue weighted by Crippen LogP contribution is 2.33. The molecule has 2 aliphatic rings. The van der Waals surface area contributed by atoms with Crippen LogP contribution in [0.5, 0.6) is 5.75 Å². The highest BCUT2D eigenvalue weighted by Gasteiger charge is 2.38. The van der Waals surface area contributed by atoms with Crippen molar-refractivity contribution >= 4 is 5.91 Å². The molecule has 0 bridgehead atoms. The van der Waals surface area contributed by atoms with Crippen molar-refractivity contribution in [3.8, 4) is 5.75 Å². The first kappa shape index (κ1) is 18.1. The van der Waals surface area contributed by atoms with E-state index in [9.17, 15) is 15.0 Å². The lowest BCUT2D eigenvalue weighted by Gasteiger charge is -2.47. The van der Waals surface area contributed by atoms with Crippen LogP contribution >= 0.6 is 0 Å². The first-order valence-corrected chi connectivity index (χ1v) is 9.34. The van der Waals surface area contributed by atoms with E-state index in [0.717, 1.165) is 44.5 Å². The van der Waals surface area contributed by atoms with E-state index in [1.807, 2.05) is 0 Å². The molecule has 0 spiro atoms. The number of nitrogens with zero attached hydrogens (tertiary/aromatic N) is 3. The number of fused-ring (bicyclic) bond motifs is 1. The van der Waals surface area contributed by atoms with Gasteiger partial charge in [0.05, 0.1) is 12.3 Å². The van der Waals surface area contributed by atoms with Crippen LogP contribution < -0.4 is 0 Å². The van der Waals surface area contributed by atoms with Gasteiger partial charge in [-0.25, -0.2) is 0 Å². The summed E-state index contributed by atoms with van der Waals surface area (Å²) in [6, 6.07) is 0.363. The lowest BCUT2D eigenvalue weighted by atomic mass is 9.83. The Morgan fingerprint density at radius 3 is 2.88 bits per heavy atom. The number of hydrogen-bond donors (Lipinski definition) is 2. The topological polar surface area (TPSA) is 76.9 Å². The summed E-state index contributed by atoms with van der Waals surface area (Å²) in [4.78, 5) is 20.8. The van der Waals surface area contributed by atoms with Crippen LogP contribution in [0.15, 0.2) is 6.20 Å². The van der Waals surface area contributed by atoms with Gasteiger partial charge in [-0.3, -0.25) is 14.7 Å². The van der Waals surface area contributed by atoms with Gasteiger partial charge in [0.25, 0.3) is 0 Å². The van der Waals surface area contributed by atoms with Gasteiger partial charge in [0, 0.05) is 56.0 Å². The number of piperidine rings is 2. The van der Waals surface area contributed by atoms with Crippen LogP contribution in [0.4, 0.5) is 0 Å². The maximum absolute atomic E-state index is 12.2. The van der Waals surface area contributed by atoms with Crippen LogP contribution in [0.3, 0.4) is 0 Å². The van der Waals surface area contributed by atoms with Crippen molar-refractivity contribution in [1.82, 2.24) is 14.8 Å². The Morgan fingerprint density at radius 1 is 1.36 bits per heavy atom. The minimum absolute atomic E-state index is 0.116. The van der Waals surface area contributed by atoms with Crippen molar-refractivity contribution < 1.29 is 15.0 Å². The Kier molecular flexibility index (Phi) is 5.59. The van der Waals surface area contributed by atoms with Crippen LogP contribution in [-0.2, 0) is 17.9 Å². The molecule has 2 saturated heterocycles. The van der Waals surface area contributed by atoms with Crippen molar-refractivity contribution in [3.63, 3.8) is 0 Å². The molecule has 0 aromatic carbocycles. The average molecular weight is 347 g/mol. The molecule has 0 aliphatic carbocycles. The first-order valence-electron chi connectivity index (χ1n) is 9.34. The van der Waals surface area contributed by atoms with E-state index in [1.165, 1.54) is 0 Å². The van der Waals surface area contributed by atoms with Gasteiger partial charge in [-0.2, -0.15) is 0 Å². The van der Waals surface area contributed by atoms with Gasteiger partial charge in [-0.1, -0.05) is 6.92 Å². The number of likely N-dealkylation sites (tertiary alicyclic amines) is 2. The zero-order valence-corrected chi connectivity index (χ0v) is 15.2. The number of amides is 1. The van der Waals surface area contributed by atoms with Crippen molar-refractivity contribution in [3.05, 3.63) is 23.0 Å². The van der Waals surface area contributed by atoms with Crippen LogP contribution in [0.2, 0.25) is 0 Å². The van der Waals surface area contributed by atoms with E-state index in [4.69, 9.17) is 0 Å². The second kappa shape index (κ2) is 7.70. The molecule has 25 heavy (non-hydrogen) atoms. The van der Waals surface area contributed by atoms with Crippen LogP contribution in [-0.4, -0.2) is 56.6 Å². The molecule has 2 fully saturated rings. The Hall–Kier alpha value is -1.66. The molecule has 2 atom stereocenters. The number of aromatic hydroxyl groups is 1. The number of aryl methyl sites for hydroxylation is 1. The van der Waals surface area contributed by atoms with E-state index in [2.05, 4.69) is 21.7 Å².